The zero-order valence-electron chi connectivity index (χ0n) is 14.0. The second-order valence-electron chi connectivity index (χ2n) is 5.71. The Morgan fingerprint density at radius 3 is 2.27 bits per heavy atom. The number of rotatable bonds is 6. The van der Waals surface area contributed by atoms with E-state index in [2.05, 4.69) is 26.2 Å². The van der Waals surface area contributed by atoms with Crippen LogP contribution >= 0.6 is 15.9 Å². The molecule has 0 radical (unpaired) electrons. The number of hydrogen-bond acceptors (Lipinski definition) is 3. The number of pyridine rings is 1. The number of hydrogen-bond donors (Lipinski definition) is 1. The molecule has 130 valence electrons. The summed E-state index contributed by atoms with van der Waals surface area (Å²) < 4.78 is 0.898. The Balaban J connectivity index is 1.72. The summed E-state index contributed by atoms with van der Waals surface area (Å²) in [5, 5.41) is 2.86. The van der Waals surface area contributed by atoms with Gasteiger partial charge in [-0.15, -0.1) is 0 Å². The lowest BCUT2D eigenvalue weighted by molar-refractivity contribution is 0.0942. The fraction of sp³-hybridized carbons (Fsp3) is 0.0952. The van der Waals surface area contributed by atoms with E-state index in [1.807, 2.05) is 30.3 Å². The molecule has 2 aromatic carbocycles. The van der Waals surface area contributed by atoms with Crippen molar-refractivity contribution in [2.75, 3.05) is 6.54 Å². The topological polar surface area (TPSA) is 59.1 Å². The molecule has 0 spiro atoms. The van der Waals surface area contributed by atoms with E-state index >= 15 is 0 Å². The van der Waals surface area contributed by atoms with Gasteiger partial charge in [-0.25, -0.2) is 0 Å². The van der Waals surface area contributed by atoms with Gasteiger partial charge >= 0.3 is 0 Å². The predicted octanol–water partition coefficient (Wildman–Crippen LogP) is 4.05. The fourth-order valence-electron chi connectivity index (χ4n) is 2.58. The van der Waals surface area contributed by atoms with Gasteiger partial charge in [0.2, 0.25) is 0 Å². The fourth-order valence-corrected chi connectivity index (χ4v) is 2.85. The number of nitrogens with one attached hydrogen (secondary N) is 1. The van der Waals surface area contributed by atoms with E-state index < -0.39 is 0 Å². The van der Waals surface area contributed by atoms with Gasteiger partial charge in [0.25, 0.3) is 5.91 Å². The SMILES string of the molecule is O=C(NCCc1ccccn1)c1ccccc1C(=O)c1ccc(Br)cc1. The standard InChI is InChI=1S/C21H17BrN2O2/c22-16-10-8-15(9-11-16)20(25)18-6-1-2-7-19(18)21(26)24-14-12-17-5-3-4-13-23-17/h1-11,13H,12,14H2,(H,24,26). The van der Waals surface area contributed by atoms with Gasteiger partial charge in [-0.3, -0.25) is 14.6 Å². The second kappa shape index (κ2) is 8.54. The third kappa shape index (κ3) is 4.43. The van der Waals surface area contributed by atoms with Gasteiger partial charge in [-0.05, 0) is 42.5 Å². The molecule has 1 N–H and O–H groups in total. The first-order valence-electron chi connectivity index (χ1n) is 8.22. The van der Waals surface area contributed by atoms with Crippen LogP contribution in [-0.4, -0.2) is 23.2 Å². The highest BCUT2D eigenvalue weighted by Crippen LogP contribution is 2.17. The van der Waals surface area contributed by atoms with Crippen molar-refractivity contribution in [3.8, 4) is 0 Å². The van der Waals surface area contributed by atoms with Crippen LogP contribution in [0.1, 0.15) is 32.0 Å². The van der Waals surface area contributed by atoms with Crippen LogP contribution in [0, 0.1) is 0 Å². The maximum absolute atomic E-state index is 12.8. The Morgan fingerprint density at radius 2 is 1.58 bits per heavy atom. The van der Waals surface area contributed by atoms with Crippen molar-refractivity contribution in [2.45, 2.75) is 6.42 Å². The Labute approximate surface area is 160 Å². The molecule has 0 bridgehead atoms. The normalized spacial score (nSPS) is 10.3. The van der Waals surface area contributed by atoms with Gasteiger partial charge in [-0.1, -0.05) is 40.2 Å². The monoisotopic (exact) mass is 408 g/mol. The van der Waals surface area contributed by atoms with Crippen LogP contribution in [0.4, 0.5) is 0 Å². The molecule has 0 aliphatic heterocycles. The number of ketones is 1. The number of nitrogens with zero attached hydrogens (tertiary/aromatic N) is 1. The van der Waals surface area contributed by atoms with Crippen LogP contribution in [0.3, 0.4) is 0 Å². The van der Waals surface area contributed by atoms with E-state index in [-0.39, 0.29) is 11.7 Å². The smallest absolute Gasteiger partial charge is 0.252 e. The minimum atomic E-state index is -0.262. The van der Waals surface area contributed by atoms with Crippen LogP contribution in [0.25, 0.3) is 0 Å². The molecule has 26 heavy (non-hydrogen) atoms. The average molecular weight is 409 g/mol. The van der Waals surface area contributed by atoms with Crippen molar-refractivity contribution in [1.82, 2.24) is 10.3 Å². The summed E-state index contributed by atoms with van der Waals surface area (Å²) in [6.45, 7) is 0.455. The lowest BCUT2D eigenvalue weighted by Crippen LogP contribution is -2.27. The average Bonchev–Trinajstić information content (AvgIpc) is 2.69. The minimum absolute atomic E-state index is 0.173. The maximum Gasteiger partial charge on any atom is 0.252 e. The van der Waals surface area contributed by atoms with Gasteiger partial charge in [-0.2, -0.15) is 0 Å². The first-order valence-corrected chi connectivity index (χ1v) is 9.02. The van der Waals surface area contributed by atoms with Crippen LogP contribution in [0.5, 0.6) is 0 Å². The Bertz CT molecular complexity index is 909. The molecule has 0 aliphatic carbocycles. The molecule has 3 aromatic rings. The van der Waals surface area contributed by atoms with E-state index in [1.165, 1.54) is 0 Å². The molecule has 0 saturated heterocycles. The highest BCUT2D eigenvalue weighted by Gasteiger charge is 2.17. The van der Waals surface area contributed by atoms with Crippen LogP contribution in [0.15, 0.2) is 77.4 Å². The minimum Gasteiger partial charge on any atom is -0.352 e. The number of carbonyl (C=O) groups excluding carboxylic acids is 2. The number of aromatic nitrogens is 1. The molecule has 0 aliphatic rings. The highest BCUT2D eigenvalue weighted by molar-refractivity contribution is 9.10. The zero-order valence-corrected chi connectivity index (χ0v) is 15.6. The summed E-state index contributed by atoms with van der Waals surface area (Å²) in [6.07, 6.45) is 2.36. The molecule has 0 atom stereocenters. The molecule has 0 fully saturated rings. The molecule has 0 unspecified atom stereocenters. The van der Waals surface area contributed by atoms with Crippen molar-refractivity contribution in [1.29, 1.82) is 0 Å². The summed E-state index contributed by atoms with van der Waals surface area (Å²) in [5.74, 6) is -0.435. The van der Waals surface area contributed by atoms with Crippen molar-refractivity contribution in [3.05, 3.63) is 99.8 Å². The number of benzene rings is 2. The Hall–Kier alpha value is -2.79. The van der Waals surface area contributed by atoms with Gasteiger partial charge in [0.15, 0.2) is 5.78 Å². The van der Waals surface area contributed by atoms with Gasteiger partial charge in [0.1, 0.15) is 0 Å². The predicted molar refractivity (Wildman–Crippen MR) is 104 cm³/mol. The molecule has 1 aromatic heterocycles. The zero-order chi connectivity index (χ0) is 18.4. The van der Waals surface area contributed by atoms with Crippen LogP contribution in [0.2, 0.25) is 0 Å². The van der Waals surface area contributed by atoms with Gasteiger partial charge < -0.3 is 5.32 Å². The summed E-state index contributed by atoms with van der Waals surface area (Å²) in [5.41, 5.74) is 2.22. The van der Waals surface area contributed by atoms with Crippen LogP contribution in [-0.2, 0) is 6.42 Å². The Kier molecular flexibility index (Phi) is 5.92. The Morgan fingerprint density at radius 1 is 0.885 bits per heavy atom. The largest absolute Gasteiger partial charge is 0.352 e. The van der Waals surface area contributed by atoms with E-state index in [0.717, 1.165) is 10.2 Å². The van der Waals surface area contributed by atoms with Crippen LogP contribution < -0.4 is 5.32 Å². The summed E-state index contributed by atoms with van der Waals surface area (Å²) in [6, 6.07) is 19.6. The van der Waals surface area contributed by atoms with Gasteiger partial charge in [0, 0.05) is 40.5 Å². The van der Waals surface area contributed by atoms with Crippen molar-refractivity contribution < 1.29 is 9.59 Å². The molecule has 1 amide bonds. The van der Waals surface area contributed by atoms with Crippen molar-refractivity contribution in [3.63, 3.8) is 0 Å². The lowest BCUT2D eigenvalue weighted by Gasteiger charge is -2.10. The number of amides is 1. The summed E-state index contributed by atoms with van der Waals surface area (Å²) in [7, 11) is 0. The molecular weight excluding hydrogens is 392 g/mol. The maximum atomic E-state index is 12.8. The lowest BCUT2D eigenvalue weighted by atomic mass is 9.98. The quantitative estimate of drug-likeness (QED) is 0.625. The van der Waals surface area contributed by atoms with E-state index in [4.69, 9.17) is 0 Å². The number of carbonyl (C=O) groups is 2. The molecule has 1 heterocycles. The van der Waals surface area contributed by atoms with E-state index in [1.54, 1.807) is 42.6 Å². The van der Waals surface area contributed by atoms with Gasteiger partial charge in [0.05, 0.1) is 5.56 Å². The van der Waals surface area contributed by atoms with E-state index in [0.29, 0.717) is 29.7 Å². The third-order valence-electron chi connectivity index (χ3n) is 3.92. The summed E-state index contributed by atoms with van der Waals surface area (Å²) >= 11 is 3.36. The van der Waals surface area contributed by atoms with E-state index in [9.17, 15) is 9.59 Å². The summed E-state index contributed by atoms with van der Waals surface area (Å²) in [4.78, 5) is 29.6. The molecule has 0 saturated carbocycles. The van der Waals surface area contributed by atoms with Crippen molar-refractivity contribution in [2.24, 2.45) is 0 Å². The third-order valence-corrected chi connectivity index (χ3v) is 4.44. The molecule has 3 rings (SSSR count). The first kappa shape index (κ1) is 18.0. The molecule has 5 heteroatoms. The first-order chi connectivity index (χ1) is 12.6. The molecule has 4 nitrogen and oxygen atoms in total. The highest BCUT2D eigenvalue weighted by atomic mass is 79.9. The number of halogens is 1. The molecular formula is C21H17BrN2O2. The van der Waals surface area contributed by atoms with Crippen molar-refractivity contribution >= 4 is 27.6 Å². The second-order valence-corrected chi connectivity index (χ2v) is 6.62.